The van der Waals surface area contributed by atoms with Crippen molar-refractivity contribution in [2.24, 2.45) is 0 Å². The molecule has 0 N–H and O–H groups in total. The molecule has 3 rings (SSSR count). The minimum Gasteiger partial charge on any atom is -0.267 e. The Kier molecular flexibility index (Phi) is 3.63. The fourth-order valence-corrected chi connectivity index (χ4v) is 4.70. The molecule has 0 amide bonds. The summed E-state index contributed by atoms with van der Waals surface area (Å²) in [5.41, 5.74) is 3.26. The third-order valence-electron chi connectivity index (χ3n) is 4.89. The lowest BCUT2D eigenvalue weighted by atomic mass is 9.62. The zero-order chi connectivity index (χ0) is 14.2. The Morgan fingerprint density at radius 3 is 2.55 bits per heavy atom. The predicted octanol–water partition coefficient (Wildman–Crippen LogP) is 3.18. The summed E-state index contributed by atoms with van der Waals surface area (Å²) in [6.45, 7) is 0. The predicted molar refractivity (Wildman–Crippen MR) is 79.2 cm³/mol. The smallest absolute Gasteiger partial charge is 0.264 e. The monoisotopic (exact) mass is 294 g/mol. The van der Waals surface area contributed by atoms with Crippen LogP contribution in [0.1, 0.15) is 49.7 Å². The first-order valence-corrected chi connectivity index (χ1v) is 9.27. The maximum atomic E-state index is 11.2. The number of fused-ring (bicyclic) bond motifs is 2. The van der Waals surface area contributed by atoms with Gasteiger partial charge in [0.25, 0.3) is 10.1 Å². The van der Waals surface area contributed by atoms with E-state index in [1.807, 2.05) is 0 Å². The molecule has 1 spiro atoms. The number of aryl methyl sites for hydroxylation is 1. The Morgan fingerprint density at radius 2 is 1.85 bits per heavy atom. The molecule has 110 valence electrons. The molecule has 0 aromatic heterocycles. The van der Waals surface area contributed by atoms with E-state index in [9.17, 15) is 8.42 Å². The summed E-state index contributed by atoms with van der Waals surface area (Å²) in [4.78, 5) is 0. The number of rotatable bonds is 2. The summed E-state index contributed by atoms with van der Waals surface area (Å²) in [7, 11) is -3.33. The van der Waals surface area contributed by atoms with Crippen LogP contribution in [0.2, 0.25) is 0 Å². The Hall–Kier alpha value is -0.870. The topological polar surface area (TPSA) is 43.4 Å². The summed E-state index contributed by atoms with van der Waals surface area (Å²) in [6.07, 6.45) is 8.47. The van der Waals surface area contributed by atoms with E-state index >= 15 is 0 Å². The summed E-state index contributed by atoms with van der Waals surface area (Å²) in [6, 6.07) is 8.77. The van der Waals surface area contributed by atoms with E-state index < -0.39 is 10.1 Å². The van der Waals surface area contributed by atoms with Crippen molar-refractivity contribution in [3.8, 4) is 0 Å². The fraction of sp³-hybridized carbons (Fsp3) is 0.625. The van der Waals surface area contributed by atoms with E-state index in [1.165, 1.54) is 30.4 Å². The molecular formula is C16H22O3S. The minimum atomic E-state index is -3.33. The quantitative estimate of drug-likeness (QED) is 0.787. The van der Waals surface area contributed by atoms with Gasteiger partial charge in [0.15, 0.2) is 0 Å². The first-order chi connectivity index (χ1) is 9.49. The van der Waals surface area contributed by atoms with Gasteiger partial charge in [-0.1, -0.05) is 24.3 Å². The highest BCUT2D eigenvalue weighted by molar-refractivity contribution is 7.86. The van der Waals surface area contributed by atoms with Crippen molar-refractivity contribution in [2.45, 2.75) is 56.5 Å². The molecule has 20 heavy (non-hydrogen) atoms. The lowest BCUT2D eigenvalue weighted by molar-refractivity contribution is 0.114. The van der Waals surface area contributed by atoms with Crippen LogP contribution in [-0.2, 0) is 26.1 Å². The average Bonchev–Trinajstić information content (AvgIpc) is 2.41. The number of hydrogen-bond donors (Lipinski definition) is 0. The van der Waals surface area contributed by atoms with Crippen molar-refractivity contribution in [1.82, 2.24) is 0 Å². The van der Waals surface area contributed by atoms with Gasteiger partial charge in [-0.25, -0.2) is 0 Å². The van der Waals surface area contributed by atoms with Crippen LogP contribution in [0.25, 0.3) is 0 Å². The molecule has 3 nitrogen and oxygen atoms in total. The molecule has 0 saturated heterocycles. The number of benzene rings is 1. The zero-order valence-corrected chi connectivity index (χ0v) is 12.8. The van der Waals surface area contributed by atoms with Crippen LogP contribution in [0.5, 0.6) is 0 Å². The highest BCUT2D eigenvalue weighted by Crippen LogP contribution is 2.47. The molecule has 0 atom stereocenters. The molecular weight excluding hydrogens is 272 g/mol. The second-order valence-corrected chi connectivity index (χ2v) is 7.89. The van der Waals surface area contributed by atoms with Gasteiger partial charge in [0.05, 0.1) is 12.4 Å². The van der Waals surface area contributed by atoms with Crippen LogP contribution in [0.4, 0.5) is 0 Å². The van der Waals surface area contributed by atoms with Crippen molar-refractivity contribution in [3.63, 3.8) is 0 Å². The van der Waals surface area contributed by atoms with Crippen LogP contribution in [-0.4, -0.2) is 20.8 Å². The Morgan fingerprint density at radius 1 is 1.15 bits per heavy atom. The highest BCUT2D eigenvalue weighted by Gasteiger charge is 2.40. The van der Waals surface area contributed by atoms with Crippen LogP contribution < -0.4 is 0 Å². The standard InChI is InChI=1S/C16H22O3S/c1-20(17,18)19-14-8-11-16(12-9-14)10-4-6-13-5-2-3-7-15(13)16/h2-3,5,7,14H,4,6,8-12H2,1H3. The molecule has 4 heteroatoms. The van der Waals surface area contributed by atoms with Crippen molar-refractivity contribution >= 4 is 10.1 Å². The normalized spacial score (nSPS) is 30.1. The molecule has 0 bridgehead atoms. The first kappa shape index (κ1) is 14.1. The third-order valence-corrected chi connectivity index (χ3v) is 5.51. The highest BCUT2D eigenvalue weighted by atomic mass is 32.2. The Balaban J connectivity index is 1.78. The largest absolute Gasteiger partial charge is 0.267 e. The molecule has 1 aromatic carbocycles. The molecule has 1 saturated carbocycles. The summed E-state index contributed by atoms with van der Waals surface area (Å²) in [5.74, 6) is 0. The van der Waals surface area contributed by atoms with Gasteiger partial charge in [0, 0.05) is 0 Å². The molecule has 0 radical (unpaired) electrons. The van der Waals surface area contributed by atoms with E-state index in [2.05, 4.69) is 24.3 Å². The van der Waals surface area contributed by atoms with Gasteiger partial charge in [-0.3, -0.25) is 4.18 Å². The van der Waals surface area contributed by atoms with Gasteiger partial charge in [-0.2, -0.15) is 8.42 Å². The minimum absolute atomic E-state index is 0.121. The van der Waals surface area contributed by atoms with Gasteiger partial charge >= 0.3 is 0 Å². The fourth-order valence-electron chi connectivity index (χ4n) is 4.01. The van der Waals surface area contributed by atoms with E-state index in [-0.39, 0.29) is 11.5 Å². The third kappa shape index (κ3) is 2.77. The van der Waals surface area contributed by atoms with Crippen LogP contribution >= 0.6 is 0 Å². The average molecular weight is 294 g/mol. The maximum absolute atomic E-state index is 11.2. The van der Waals surface area contributed by atoms with Gasteiger partial charge < -0.3 is 0 Å². The Bertz CT molecular complexity index is 583. The van der Waals surface area contributed by atoms with Gasteiger partial charge in [0.1, 0.15) is 0 Å². The van der Waals surface area contributed by atoms with Gasteiger partial charge in [-0.05, 0) is 61.5 Å². The summed E-state index contributed by atoms with van der Waals surface area (Å²) >= 11 is 0. The van der Waals surface area contributed by atoms with Crippen molar-refractivity contribution in [1.29, 1.82) is 0 Å². The van der Waals surface area contributed by atoms with Gasteiger partial charge in [0.2, 0.25) is 0 Å². The zero-order valence-electron chi connectivity index (χ0n) is 12.0. The lowest BCUT2D eigenvalue weighted by Crippen LogP contribution is -2.37. The molecule has 0 heterocycles. The lowest BCUT2D eigenvalue weighted by Gasteiger charge is -2.44. The van der Waals surface area contributed by atoms with E-state index in [1.54, 1.807) is 0 Å². The summed E-state index contributed by atoms with van der Waals surface area (Å²) in [5, 5.41) is 0. The van der Waals surface area contributed by atoms with Crippen molar-refractivity contribution in [3.05, 3.63) is 35.4 Å². The number of hydrogen-bond acceptors (Lipinski definition) is 3. The molecule has 0 unspecified atom stereocenters. The second-order valence-electron chi connectivity index (χ2n) is 6.29. The molecule has 0 aliphatic heterocycles. The molecule has 1 fully saturated rings. The first-order valence-electron chi connectivity index (χ1n) is 7.45. The van der Waals surface area contributed by atoms with Crippen LogP contribution in [0, 0.1) is 0 Å². The van der Waals surface area contributed by atoms with Crippen LogP contribution in [0.15, 0.2) is 24.3 Å². The summed E-state index contributed by atoms with van der Waals surface area (Å²) < 4.78 is 27.7. The van der Waals surface area contributed by atoms with E-state index in [0.29, 0.717) is 0 Å². The molecule has 2 aliphatic rings. The molecule has 2 aliphatic carbocycles. The van der Waals surface area contributed by atoms with E-state index in [4.69, 9.17) is 4.18 Å². The van der Waals surface area contributed by atoms with Crippen molar-refractivity contribution < 1.29 is 12.6 Å². The Labute approximate surface area is 121 Å². The maximum Gasteiger partial charge on any atom is 0.264 e. The van der Waals surface area contributed by atoms with Crippen LogP contribution in [0.3, 0.4) is 0 Å². The second kappa shape index (κ2) is 5.15. The van der Waals surface area contributed by atoms with Gasteiger partial charge in [-0.15, -0.1) is 0 Å². The SMILES string of the molecule is CS(=O)(=O)OC1CCC2(CCCc3ccccc32)CC1. The molecule has 1 aromatic rings. The van der Waals surface area contributed by atoms with Crippen molar-refractivity contribution in [2.75, 3.05) is 6.26 Å². The van der Waals surface area contributed by atoms with E-state index in [0.717, 1.165) is 31.9 Å².